The molecule has 0 N–H and O–H groups in total. The van der Waals surface area contributed by atoms with E-state index in [9.17, 15) is 4.79 Å². The Morgan fingerprint density at radius 1 is 0.970 bits per heavy atom. The summed E-state index contributed by atoms with van der Waals surface area (Å²) in [5.74, 6) is 1.80. The summed E-state index contributed by atoms with van der Waals surface area (Å²) in [6.07, 6.45) is 9.14. The van der Waals surface area contributed by atoms with Crippen molar-refractivity contribution in [2.24, 2.45) is 5.41 Å². The van der Waals surface area contributed by atoms with Crippen LogP contribution in [-0.4, -0.2) is 50.4 Å². The van der Waals surface area contributed by atoms with Gasteiger partial charge in [0.05, 0.1) is 5.41 Å². The van der Waals surface area contributed by atoms with Crippen LogP contribution >= 0.6 is 0 Å². The molecule has 0 saturated carbocycles. The van der Waals surface area contributed by atoms with E-state index in [1.165, 1.54) is 0 Å². The minimum Gasteiger partial charge on any atom is -0.341 e. The first-order valence-electron chi connectivity index (χ1n) is 11.7. The van der Waals surface area contributed by atoms with Crippen molar-refractivity contribution in [3.05, 3.63) is 65.7 Å². The molecule has 2 aliphatic rings. The third-order valence-corrected chi connectivity index (χ3v) is 7.16. The lowest BCUT2D eigenvalue weighted by Gasteiger charge is -2.46. The molecule has 3 aromatic rings. The van der Waals surface area contributed by atoms with Crippen LogP contribution in [0.3, 0.4) is 0 Å². The van der Waals surface area contributed by atoms with Crippen LogP contribution in [0.25, 0.3) is 11.4 Å². The minimum atomic E-state index is -0.255. The molecule has 170 valence electrons. The number of hydrogen-bond acceptors (Lipinski definition) is 6. The molecule has 0 bridgehead atoms. The highest BCUT2D eigenvalue weighted by Gasteiger charge is 2.45. The van der Waals surface area contributed by atoms with Gasteiger partial charge in [0.25, 0.3) is 0 Å². The van der Waals surface area contributed by atoms with Crippen LogP contribution in [0, 0.1) is 19.3 Å². The van der Waals surface area contributed by atoms with Crippen molar-refractivity contribution in [1.29, 1.82) is 0 Å². The zero-order valence-electron chi connectivity index (χ0n) is 19.4. The fourth-order valence-electron chi connectivity index (χ4n) is 5.05. The van der Waals surface area contributed by atoms with E-state index in [0.29, 0.717) is 18.3 Å². The number of benzene rings is 1. The molecule has 1 amide bonds. The maximum Gasteiger partial charge on any atom is 0.229 e. The van der Waals surface area contributed by atoms with Crippen LogP contribution in [0.4, 0.5) is 5.95 Å². The Balaban J connectivity index is 1.28. The number of likely N-dealkylation sites (tertiary alicyclic amines) is 1. The van der Waals surface area contributed by atoms with Gasteiger partial charge in [-0.25, -0.2) is 19.9 Å². The van der Waals surface area contributed by atoms with Crippen molar-refractivity contribution in [3.63, 3.8) is 0 Å². The van der Waals surface area contributed by atoms with E-state index >= 15 is 0 Å². The van der Waals surface area contributed by atoms with E-state index in [0.717, 1.165) is 73.7 Å². The van der Waals surface area contributed by atoms with Gasteiger partial charge in [-0.05, 0) is 62.8 Å². The molecule has 33 heavy (non-hydrogen) atoms. The summed E-state index contributed by atoms with van der Waals surface area (Å²) in [6.45, 7) is 7.14. The van der Waals surface area contributed by atoms with E-state index < -0.39 is 0 Å². The zero-order chi connectivity index (χ0) is 22.8. The second-order valence-electron chi connectivity index (χ2n) is 9.31. The average molecular weight is 443 g/mol. The van der Waals surface area contributed by atoms with Crippen LogP contribution in [-0.2, 0) is 11.3 Å². The Kier molecular flexibility index (Phi) is 5.79. The fourth-order valence-corrected chi connectivity index (χ4v) is 5.05. The first-order chi connectivity index (χ1) is 16.0. The number of amides is 1. The summed E-state index contributed by atoms with van der Waals surface area (Å²) in [6, 6.07) is 10.0. The Hall–Kier alpha value is -3.35. The van der Waals surface area contributed by atoms with Crippen molar-refractivity contribution in [1.82, 2.24) is 24.8 Å². The van der Waals surface area contributed by atoms with Gasteiger partial charge in [-0.1, -0.05) is 18.2 Å². The second kappa shape index (κ2) is 8.89. The number of nitrogens with zero attached hydrogens (tertiary/aromatic N) is 6. The molecule has 1 aromatic carbocycles. The van der Waals surface area contributed by atoms with Crippen LogP contribution in [0.15, 0.2) is 48.9 Å². The molecular weight excluding hydrogens is 412 g/mol. The van der Waals surface area contributed by atoms with Crippen molar-refractivity contribution >= 4 is 11.9 Å². The van der Waals surface area contributed by atoms with Crippen molar-refractivity contribution < 1.29 is 4.79 Å². The Morgan fingerprint density at radius 3 is 2.52 bits per heavy atom. The van der Waals surface area contributed by atoms with Crippen LogP contribution in [0.5, 0.6) is 0 Å². The lowest BCUT2D eigenvalue weighted by molar-refractivity contribution is -0.148. The van der Waals surface area contributed by atoms with Gasteiger partial charge in [0, 0.05) is 56.0 Å². The van der Waals surface area contributed by atoms with Crippen LogP contribution < -0.4 is 4.90 Å². The maximum atomic E-state index is 13.7. The van der Waals surface area contributed by atoms with Crippen molar-refractivity contribution in [3.8, 4) is 11.4 Å². The third-order valence-electron chi connectivity index (χ3n) is 7.16. The number of piperidine rings is 2. The zero-order valence-corrected chi connectivity index (χ0v) is 19.4. The quantitative estimate of drug-likeness (QED) is 0.609. The molecule has 0 atom stereocenters. The van der Waals surface area contributed by atoms with Crippen molar-refractivity contribution in [2.75, 3.05) is 24.5 Å². The molecule has 0 aliphatic carbocycles. The van der Waals surface area contributed by atoms with Gasteiger partial charge < -0.3 is 9.80 Å². The first kappa shape index (κ1) is 21.5. The highest BCUT2D eigenvalue weighted by atomic mass is 16.2. The van der Waals surface area contributed by atoms with Gasteiger partial charge in [0.1, 0.15) is 0 Å². The summed E-state index contributed by atoms with van der Waals surface area (Å²) >= 11 is 0. The van der Waals surface area contributed by atoms with Gasteiger partial charge in [-0.15, -0.1) is 0 Å². The Labute approximate surface area is 194 Å². The summed E-state index contributed by atoms with van der Waals surface area (Å²) in [4.78, 5) is 35.8. The monoisotopic (exact) mass is 442 g/mol. The Bertz CT molecular complexity index is 1140. The second-order valence-corrected chi connectivity index (χ2v) is 9.31. The molecule has 4 heterocycles. The molecule has 1 spiro atoms. The normalized spacial score (nSPS) is 18.1. The molecule has 0 unspecified atom stereocenters. The van der Waals surface area contributed by atoms with Gasteiger partial charge >= 0.3 is 0 Å². The number of rotatable bonds is 4. The highest BCUT2D eigenvalue weighted by molar-refractivity contribution is 5.84. The minimum absolute atomic E-state index is 0.255. The van der Waals surface area contributed by atoms with E-state index in [4.69, 9.17) is 0 Å². The van der Waals surface area contributed by atoms with Crippen LogP contribution in [0.2, 0.25) is 0 Å². The van der Waals surface area contributed by atoms with Crippen LogP contribution in [0.1, 0.15) is 42.5 Å². The summed E-state index contributed by atoms with van der Waals surface area (Å²) < 4.78 is 0. The lowest BCUT2D eigenvalue weighted by Crippen LogP contribution is -2.53. The molecule has 7 nitrogen and oxygen atoms in total. The summed E-state index contributed by atoms with van der Waals surface area (Å²) in [5, 5.41) is 0. The lowest BCUT2D eigenvalue weighted by atomic mass is 9.71. The number of hydrogen-bond donors (Lipinski definition) is 0. The van der Waals surface area contributed by atoms with Gasteiger partial charge in [-0.2, -0.15) is 0 Å². The van der Waals surface area contributed by atoms with Gasteiger partial charge in [0.2, 0.25) is 11.9 Å². The predicted molar refractivity (Wildman–Crippen MR) is 128 cm³/mol. The fraction of sp³-hybridized carbons (Fsp3) is 0.423. The maximum absolute atomic E-state index is 13.7. The van der Waals surface area contributed by atoms with Gasteiger partial charge in [-0.3, -0.25) is 4.79 Å². The molecule has 0 radical (unpaired) electrons. The van der Waals surface area contributed by atoms with E-state index in [2.05, 4.69) is 41.9 Å². The first-order valence-corrected chi connectivity index (χ1v) is 11.7. The number of aryl methyl sites for hydroxylation is 2. The van der Waals surface area contributed by atoms with E-state index in [1.807, 2.05) is 38.2 Å². The van der Waals surface area contributed by atoms with Crippen molar-refractivity contribution in [2.45, 2.75) is 46.1 Å². The van der Waals surface area contributed by atoms with E-state index in [1.54, 1.807) is 12.4 Å². The van der Waals surface area contributed by atoms with E-state index in [-0.39, 0.29) is 5.41 Å². The summed E-state index contributed by atoms with van der Waals surface area (Å²) in [5.41, 5.74) is 3.96. The number of carbonyl (C=O) groups excluding carboxylic acids is 1. The average Bonchev–Trinajstić information content (AvgIpc) is 2.85. The molecule has 7 heteroatoms. The SMILES string of the molecule is Cc1cnc(N2CCC3(CCCN(Cc4cccc(-c5ncccn5)c4)C3=O)CC2)nc1C. The third kappa shape index (κ3) is 4.32. The Morgan fingerprint density at radius 2 is 1.76 bits per heavy atom. The smallest absolute Gasteiger partial charge is 0.229 e. The number of carbonyl (C=O) groups is 1. The molecule has 2 aliphatic heterocycles. The largest absolute Gasteiger partial charge is 0.341 e. The topological polar surface area (TPSA) is 75.1 Å². The van der Waals surface area contributed by atoms with Gasteiger partial charge in [0.15, 0.2) is 5.82 Å². The highest BCUT2D eigenvalue weighted by Crippen LogP contribution is 2.42. The number of aromatic nitrogens is 4. The number of anilines is 1. The molecule has 5 rings (SSSR count). The standard InChI is InChI=1S/C26H30N6O/c1-19-17-29-25(30-20(19)2)31-14-9-26(10-15-31)8-4-13-32(24(26)33)18-21-6-3-7-22(16-21)23-27-11-5-12-28-23/h3,5-7,11-12,16-17H,4,8-10,13-15,18H2,1-2H3. The molecule has 2 saturated heterocycles. The predicted octanol–water partition coefficient (Wildman–Crippen LogP) is 3.96. The molecular formula is C26H30N6O. The molecule has 2 fully saturated rings. The summed E-state index contributed by atoms with van der Waals surface area (Å²) in [7, 11) is 0. The molecule has 2 aromatic heterocycles.